The van der Waals surface area contributed by atoms with E-state index >= 15 is 4.79 Å². The summed E-state index contributed by atoms with van der Waals surface area (Å²) in [5, 5.41) is 30.0. The molecule has 1 fully saturated rings. The SMILES string of the molecule is C=CCO[C@@]12Oc3ccc(OC(=O)NCCCCCCCCCCCC)cc3[C@H]3[C@H](CCCCO)[C@@H](CCCCO)C=C(C(=NOC(C)(C)C)C[C@@H]1N(CCC)C(=O)c1ccc4ccccc4c1)[C@H]32. The van der Waals surface area contributed by atoms with Crippen LogP contribution in [-0.2, 0) is 9.57 Å². The second-order valence-electron chi connectivity index (χ2n) is 20.5. The third-order valence-corrected chi connectivity index (χ3v) is 14.2. The maximum absolute atomic E-state index is 15.3. The summed E-state index contributed by atoms with van der Waals surface area (Å²) in [6.07, 6.45) is 21.3. The fourth-order valence-corrected chi connectivity index (χ4v) is 11.0. The number of amides is 2. The molecule has 0 saturated heterocycles. The number of fused-ring (bicyclic) bond motifs is 3. The number of carbonyl (C=O) groups is 2. The predicted octanol–water partition coefficient (Wildman–Crippen LogP) is 12.8. The van der Waals surface area contributed by atoms with Crippen LogP contribution in [0, 0.1) is 17.8 Å². The molecule has 0 aromatic heterocycles. The Labute approximate surface area is 413 Å². The van der Waals surface area contributed by atoms with E-state index in [0.717, 1.165) is 72.6 Å². The molecular weight excluding hydrogens is 867 g/mol. The lowest BCUT2D eigenvalue weighted by molar-refractivity contribution is -0.254. The number of ether oxygens (including phenoxy) is 3. The molecule has 11 heteroatoms. The molecule has 0 bridgehead atoms. The van der Waals surface area contributed by atoms with E-state index in [1.54, 1.807) is 12.1 Å². The molecule has 6 atom stereocenters. The molecule has 2 amide bonds. The summed E-state index contributed by atoms with van der Waals surface area (Å²) in [6, 6.07) is 18.9. The number of carbonyl (C=O) groups excluding carboxylic acids is 2. The molecule has 3 aromatic rings. The Morgan fingerprint density at radius 1 is 0.855 bits per heavy atom. The van der Waals surface area contributed by atoms with Gasteiger partial charge >= 0.3 is 6.09 Å². The van der Waals surface area contributed by atoms with Gasteiger partial charge in [0.15, 0.2) is 0 Å². The van der Waals surface area contributed by atoms with E-state index in [4.69, 9.17) is 24.2 Å². The maximum Gasteiger partial charge on any atom is 0.412 e. The zero-order valence-corrected chi connectivity index (χ0v) is 42.5. The minimum absolute atomic E-state index is 0.0260. The Kier molecular flexibility index (Phi) is 20.6. The lowest BCUT2D eigenvalue weighted by Crippen LogP contribution is -2.70. The summed E-state index contributed by atoms with van der Waals surface area (Å²) in [6.45, 7) is 15.7. The smallest absolute Gasteiger partial charge is 0.412 e. The van der Waals surface area contributed by atoms with Crippen molar-refractivity contribution in [2.75, 3.05) is 32.9 Å². The molecule has 0 radical (unpaired) electrons. The second-order valence-corrected chi connectivity index (χ2v) is 20.5. The number of aliphatic hydroxyl groups excluding tert-OH is 2. The number of rotatable bonds is 28. The molecule has 6 rings (SSSR count). The highest BCUT2D eigenvalue weighted by Gasteiger charge is 2.65. The van der Waals surface area contributed by atoms with Crippen molar-refractivity contribution in [2.24, 2.45) is 22.9 Å². The van der Waals surface area contributed by atoms with E-state index in [-0.39, 0.29) is 43.5 Å². The molecule has 0 spiro atoms. The zero-order chi connectivity index (χ0) is 49.2. The van der Waals surface area contributed by atoms with Crippen LogP contribution in [0.2, 0.25) is 0 Å². The molecule has 3 N–H and O–H groups in total. The van der Waals surface area contributed by atoms with E-state index in [1.165, 1.54) is 44.9 Å². The van der Waals surface area contributed by atoms with E-state index in [2.05, 4.69) is 31.8 Å². The van der Waals surface area contributed by atoms with Crippen LogP contribution in [0.4, 0.5) is 4.79 Å². The maximum atomic E-state index is 15.3. The highest BCUT2D eigenvalue weighted by atomic mass is 16.7. The average molecular weight is 950 g/mol. The minimum atomic E-state index is -1.40. The highest BCUT2D eigenvalue weighted by Crippen LogP contribution is 2.62. The van der Waals surface area contributed by atoms with E-state index < -0.39 is 29.4 Å². The molecule has 0 unspecified atom stereocenters. The van der Waals surface area contributed by atoms with Crippen molar-refractivity contribution in [1.29, 1.82) is 0 Å². The van der Waals surface area contributed by atoms with Gasteiger partial charge in [0.05, 0.1) is 18.2 Å². The first-order valence-corrected chi connectivity index (χ1v) is 26.5. The van der Waals surface area contributed by atoms with Gasteiger partial charge in [0.1, 0.15) is 23.1 Å². The van der Waals surface area contributed by atoms with Gasteiger partial charge in [-0.05, 0) is 118 Å². The van der Waals surface area contributed by atoms with Crippen LogP contribution in [0.3, 0.4) is 0 Å². The molecule has 3 aromatic carbocycles. The first-order chi connectivity index (χ1) is 33.5. The summed E-state index contributed by atoms with van der Waals surface area (Å²) in [5.74, 6) is -1.17. The third kappa shape index (κ3) is 14.0. The second kappa shape index (κ2) is 26.5. The third-order valence-electron chi connectivity index (χ3n) is 14.2. The van der Waals surface area contributed by atoms with Gasteiger partial charge in [0, 0.05) is 49.8 Å². The largest absolute Gasteiger partial charge is 0.459 e. The number of benzene rings is 3. The Morgan fingerprint density at radius 3 is 2.23 bits per heavy atom. The fraction of sp³-hybridized carbons (Fsp3) is 0.603. The van der Waals surface area contributed by atoms with Gasteiger partial charge in [0.2, 0.25) is 5.79 Å². The molecule has 1 heterocycles. The van der Waals surface area contributed by atoms with Gasteiger partial charge in [-0.15, -0.1) is 6.58 Å². The Morgan fingerprint density at radius 2 is 1.55 bits per heavy atom. The Hall–Kier alpha value is -4.71. The Bertz CT molecular complexity index is 2180. The van der Waals surface area contributed by atoms with Crippen molar-refractivity contribution in [3.05, 3.63) is 96.1 Å². The summed E-state index contributed by atoms with van der Waals surface area (Å²) < 4.78 is 20.7. The number of hydrogen-bond acceptors (Lipinski definition) is 9. The predicted molar refractivity (Wildman–Crippen MR) is 277 cm³/mol. The van der Waals surface area contributed by atoms with Crippen molar-refractivity contribution in [2.45, 2.75) is 174 Å². The molecule has 11 nitrogen and oxygen atoms in total. The van der Waals surface area contributed by atoms with Crippen LogP contribution < -0.4 is 14.8 Å². The lowest BCUT2D eigenvalue weighted by Gasteiger charge is -2.60. The lowest BCUT2D eigenvalue weighted by atomic mass is 9.55. The monoisotopic (exact) mass is 950 g/mol. The molecule has 69 heavy (non-hydrogen) atoms. The van der Waals surface area contributed by atoms with Gasteiger partial charge in [-0.3, -0.25) is 4.79 Å². The van der Waals surface area contributed by atoms with Crippen molar-refractivity contribution in [1.82, 2.24) is 10.2 Å². The van der Waals surface area contributed by atoms with Crippen LogP contribution in [0.15, 0.2) is 90.1 Å². The normalized spacial score (nSPS) is 22.3. The summed E-state index contributed by atoms with van der Waals surface area (Å²) >= 11 is 0. The average Bonchev–Trinajstić information content (AvgIpc) is 3.34. The molecule has 378 valence electrons. The van der Waals surface area contributed by atoms with E-state index in [9.17, 15) is 15.0 Å². The Balaban J connectivity index is 1.42. The number of oxime groups is 1. The van der Waals surface area contributed by atoms with Crippen molar-refractivity contribution in [3.63, 3.8) is 0 Å². The van der Waals surface area contributed by atoms with Crippen LogP contribution in [0.5, 0.6) is 11.5 Å². The number of aliphatic hydroxyl groups is 2. The van der Waals surface area contributed by atoms with E-state index in [1.807, 2.05) is 80.3 Å². The van der Waals surface area contributed by atoms with E-state index in [0.29, 0.717) is 55.8 Å². The first-order valence-electron chi connectivity index (χ1n) is 26.5. The van der Waals surface area contributed by atoms with Crippen LogP contribution in [-0.4, -0.2) is 83.2 Å². The summed E-state index contributed by atoms with van der Waals surface area (Å²) in [7, 11) is 0. The summed E-state index contributed by atoms with van der Waals surface area (Å²) in [5.41, 5.74) is 2.56. The van der Waals surface area contributed by atoms with Gasteiger partial charge in [-0.25, -0.2) is 4.79 Å². The van der Waals surface area contributed by atoms with Crippen LogP contribution in [0.25, 0.3) is 10.8 Å². The number of allylic oxidation sites excluding steroid dienone is 1. The number of hydrogen-bond donors (Lipinski definition) is 3. The number of nitrogens with one attached hydrogen (secondary N) is 1. The minimum Gasteiger partial charge on any atom is -0.459 e. The summed E-state index contributed by atoms with van der Waals surface area (Å²) in [4.78, 5) is 36.9. The van der Waals surface area contributed by atoms with Gasteiger partial charge in [-0.1, -0.05) is 132 Å². The van der Waals surface area contributed by atoms with Gasteiger partial charge in [-0.2, -0.15) is 0 Å². The van der Waals surface area contributed by atoms with Crippen LogP contribution in [0.1, 0.15) is 172 Å². The van der Waals surface area contributed by atoms with Crippen molar-refractivity contribution >= 4 is 28.5 Å². The van der Waals surface area contributed by atoms with Gasteiger partial charge < -0.3 is 39.5 Å². The molecular formula is C58H83N3O8. The quantitative estimate of drug-likeness (QED) is 0.0371. The molecule has 2 aliphatic carbocycles. The highest BCUT2D eigenvalue weighted by molar-refractivity contribution is 6.04. The standard InChI is InChI=1S/C58H83N3O8/c1-7-10-11-12-13-14-15-16-17-22-33-59-56(65)67-46-31-32-51-49(40-46)53-47(28-21-24-36-63)44(27-20-23-35-62)39-48-50(60-69-57(4,5)6)41-52(58(68-51,54(48)53)66-37-9-3)61(34-8-2)55(64)45-30-29-42-25-18-19-26-43(42)38-45/h9,18-19,25-26,29-32,38-40,44,47,52-54,62-63H,3,7-8,10-17,20-24,27-28,33-37,41H2,1-2,4-6H3,(H,59,65)/t44-,47+,52-,53+,54+,58+/m0/s1. The zero-order valence-electron chi connectivity index (χ0n) is 42.5. The van der Waals surface area contributed by atoms with Crippen molar-refractivity contribution < 1.29 is 38.9 Å². The van der Waals surface area contributed by atoms with Gasteiger partial charge in [0.25, 0.3) is 5.91 Å². The fourth-order valence-electron chi connectivity index (χ4n) is 11.0. The molecule has 1 saturated carbocycles. The first kappa shape index (κ1) is 53.6. The van der Waals surface area contributed by atoms with Crippen LogP contribution >= 0.6 is 0 Å². The molecule has 1 aliphatic heterocycles. The topological polar surface area (TPSA) is 139 Å². The van der Waals surface area contributed by atoms with Crippen molar-refractivity contribution in [3.8, 4) is 11.5 Å². The number of unbranched alkanes of at least 4 members (excludes halogenated alkanes) is 11. The molecule has 3 aliphatic rings. The number of nitrogens with zero attached hydrogens (tertiary/aromatic N) is 2.